The van der Waals surface area contributed by atoms with Crippen LogP contribution in [0.25, 0.3) is 11.1 Å². The molecule has 2 aromatic rings. The van der Waals surface area contributed by atoms with E-state index in [4.69, 9.17) is 0 Å². The fraction of sp³-hybridized carbons (Fsp3) is 0.517. The Morgan fingerprint density at radius 2 is 1.64 bits per heavy atom. The molecule has 2 saturated heterocycles. The summed E-state index contributed by atoms with van der Waals surface area (Å²) in [6.07, 6.45) is 5.42. The molecule has 1 N–H and O–H groups in total. The molecule has 192 valence electrons. The number of carbonyl (C=O) groups is 2. The van der Waals surface area contributed by atoms with E-state index >= 15 is 0 Å². The van der Waals surface area contributed by atoms with Crippen LogP contribution in [-0.4, -0.2) is 72.6 Å². The third-order valence-electron chi connectivity index (χ3n) is 8.51. The van der Waals surface area contributed by atoms with Gasteiger partial charge in [0.05, 0.1) is 17.2 Å². The predicted molar refractivity (Wildman–Crippen MR) is 138 cm³/mol. The van der Waals surface area contributed by atoms with Crippen molar-refractivity contribution in [3.8, 4) is 11.1 Å². The molecule has 2 aliphatic heterocycles. The molecule has 0 aromatic heterocycles. The molecule has 1 spiro atoms. The summed E-state index contributed by atoms with van der Waals surface area (Å²) in [5.41, 5.74) is 2.55. The van der Waals surface area contributed by atoms with Crippen LogP contribution in [0, 0.1) is 11.2 Å². The molecule has 1 aliphatic carbocycles. The molecule has 7 heteroatoms. The van der Waals surface area contributed by atoms with Gasteiger partial charge in [0.1, 0.15) is 5.82 Å². The Morgan fingerprint density at radius 3 is 2.33 bits per heavy atom. The Labute approximate surface area is 212 Å². The zero-order chi connectivity index (χ0) is 25.4. The summed E-state index contributed by atoms with van der Waals surface area (Å²) >= 11 is 0. The number of piperidine rings is 1. The summed E-state index contributed by atoms with van der Waals surface area (Å²) in [7, 11) is 3.45. The van der Waals surface area contributed by atoms with E-state index in [9.17, 15) is 19.1 Å². The van der Waals surface area contributed by atoms with Crippen LogP contribution >= 0.6 is 0 Å². The van der Waals surface area contributed by atoms with E-state index in [0.717, 1.165) is 62.6 Å². The molecule has 0 atom stereocenters. The SMILES string of the molecule is CN(C)C(=O)c1cccc(-c2ccc(F)c(N3CCC4(CC3)CCN(C3CCC(O)CC3)C4=O)c2)c1. The van der Waals surface area contributed by atoms with Crippen molar-refractivity contribution >= 4 is 17.5 Å². The summed E-state index contributed by atoms with van der Waals surface area (Å²) < 4.78 is 15.0. The predicted octanol–water partition coefficient (Wildman–Crippen LogP) is 4.32. The van der Waals surface area contributed by atoms with Crippen molar-refractivity contribution in [3.05, 3.63) is 53.8 Å². The topological polar surface area (TPSA) is 64.1 Å². The van der Waals surface area contributed by atoms with Crippen LogP contribution in [0.3, 0.4) is 0 Å². The minimum atomic E-state index is -0.332. The van der Waals surface area contributed by atoms with Gasteiger partial charge < -0.3 is 19.8 Å². The highest BCUT2D eigenvalue weighted by atomic mass is 19.1. The molecular weight excluding hydrogens is 457 g/mol. The molecule has 0 bridgehead atoms. The number of carbonyl (C=O) groups excluding carboxylic acids is 2. The van der Waals surface area contributed by atoms with Gasteiger partial charge in [-0.2, -0.15) is 0 Å². The van der Waals surface area contributed by atoms with Crippen LogP contribution in [0.15, 0.2) is 42.5 Å². The van der Waals surface area contributed by atoms with Crippen LogP contribution in [-0.2, 0) is 4.79 Å². The maximum atomic E-state index is 15.0. The van der Waals surface area contributed by atoms with Gasteiger partial charge in [-0.1, -0.05) is 18.2 Å². The number of anilines is 1. The number of halogens is 1. The number of likely N-dealkylation sites (tertiary alicyclic amines) is 1. The average molecular weight is 494 g/mol. The van der Waals surface area contributed by atoms with E-state index in [1.165, 1.54) is 6.07 Å². The van der Waals surface area contributed by atoms with E-state index in [2.05, 4.69) is 9.80 Å². The van der Waals surface area contributed by atoms with E-state index in [-0.39, 0.29) is 35.2 Å². The minimum Gasteiger partial charge on any atom is -0.393 e. The largest absolute Gasteiger partial charge is 0.393 e. The Bertz CT molecular complexity index is 1130. The number of aliphatic hydroxyl groups excluding tert-OH is 1. The molecular formula is C29H36FN3O3. The lowest BCUT2D eigenvalue weighted by Gasteiger charge is -2.40. The number of aliphatic hydroxyl groups is 1. The average Bonchev–Trinajstić information content (AvgIpc) is 3.20. The number of hydrogen-bond donors (Lipinski definition) is 1. The third-order valence-corrected chi connectivity index (χ3v) is 8.51. The van der Waals surface area contributed by atoms with Crippen LogP contribution in [0.4, 0.5) is 10.1 Å². The van der Waals surface area contributed by atoms with Crippen molar-refractivity contribution in [2.45, 2.75) is 57.1 Å². The smallest absolute Gasteiger partial charge is 0.253 e. The lowest BCUT2D eigenvalue weighted by atomic mass is 9.76. The highest BCUT2D eigenvalue weighted by Crippen LogP contribution is 2.45. The van der Waals surface area contributed by atoms with Gasteiger partial charge in [0.2, 0.25) is 5.91 Å². The Balaban J connectivity index is 1.29. The second-order valence-electron chi connectivity index (χ2n) is 10.9. The van der Waals surface area contributed by atoms with Gasteiger partial charge in [-0.15, -0.1) is 0 Å². The first kappa shape index (κ1) is 24.8. The highest BCUT2D eigenvalue weighted by molar-refractivity contribution is 5.95. The number of rotatable bonds is 4. The third kappa shape index (κ3) is 4.61. The maximum Gasteiger partial charge on any atom is 0.253 e. The second-order valence-corrected chi connectivity index (χ2v) is 10.9. The lowest BCUT2D eigenvalue weighted by Crippen LogP contribution is -2.47. The van der Waals surface area contributed by atoms with Gasteiger partial charge in [0, 0.05) is 45.3 Å². The maximum absolute atomic E-state index is 15.0. The highest BCUT2D eigenvalue weighted by Gasteiger charge is 2.50. The van der Waals surface area contributed by atoms with Gasteiger partial charge in [-0.3, -0.25) is 9.59 Å². The normalized spacial score (nSPS) is 23.8. The van der Waals surface area contributed by atoms with Gasteiger partial charge >= 0.3 is 0 Å². The number of amides is 2. The molecule has 3 aliphatic rings. The van der Waals surface area contributed by atoms with Gasteiger partial charge in [-0.05, 0) is 80.3 Å². The standard InChI is InChI=1S/C29H36FN3O3/c1-31(2)27(35)22-5-3-4-20(18-22)21-6-11-25(30)26(19-21)32-15-12-29(13-16-32)14-17-33(28(29)36)23-7-9-24(34)10-8-23/h3-6,11,18-19,23-24,34H,7-10,12-17H2,1-2H3. The first-order valence-electron chi connectivity index (χ1n) is 13.1. The van der Waals surface area contributed by atoms with Gasteiger partial charge in [-0.25, -0.2) is 4.39 Å². The molecule has 2 heterocycles. The molecule has 6 nitrogen and oxygen atoms in total. The van der Waals surface area contributed by atoms with Crippen LogP contribution in [0.5, 0.6) is 0 Å². The van der Waals surface area contributed by atoms with Gasteiger partial charge in [0.15, 0.2) is 0 Å². The Hall–Kier alpha value is -2.93. The van der Waals surface area contributed by atoms with Crippen LogP contribution < -0.4 is 4.90 Å². The lowest BCUT2D eigenvalue weighted by molar-refractivity contribution is -0.139. The number of hydrogen-bond acceptors (Lipinski definition) is 4. The number of nitrogens with zero attached hydrogens (tertiary/aromatic N) is 3. The Morgan fingerprint density at radius 1 is 0.972 bits per heavy atom. The minimum absolute atomic E-state index is 0.0693. The summed E-state index contributed by atoms with van der Waals surface area (Å²) in [6.45, 7) is 2.08. The van der Waals surface area contributed by atoms with E-state index in [1.54, 1.807) is 31.1 Å². The molecule has 3 fully saturated rings. The molecule has 1 saturated carbocycles. The monoisotopic (exact) mass is 493 g/mol. The zero-order valence-corrected chi connectivity index (χ0v) is 21.3. The van der Waals surface area contributed by atoms with Crippen molar-refractivity contribution in [2.75, 3.05) is 38.6 Å². The van der Waals surface area contributed by atoms with E-state index in [1.807, 2.05) is 24.3 Å². The summed E-state index contributed by atoms with van der Waals surface area (Å²) in [5.74, 6) is -0.0734. The van der Waals surface area contributed by atoms with Crippen LogP contribution in [0.1, 0.15) is 55.3 Å². The second kappa shape index (κ2) is 9.85. The number of benzene rings is 2. The first-order chi connectivity index (χ1) is 17.3. The van der Waals surface area contributed by atoms with Crippen LogP contribution in [0.2, 0.25) is 0 Å². The van der Waals surface area contributed by atoms with Crippen molar-refractivity contribution in [1.29, 1.82) is 0 Å². The molecule has 0 unspecified atom stereocenters. The molecule has 0 radical (unpaired) electrons. The first-order valence-corrected chi connectivity index (χ1v) is 13.1. The van der Waals surface area contributed by atoms with Crippen molar-refractivity contribution in [3.63, 3.8) is 0 Å². The quantitative estimate of drug-likeness (QED) is 0.689. The van der Waals surface area contributed by atoms with Crippen molar-refractivity contribution in [1.82, 2.24) is 9.80 Å². The fourth-order valence-corrected chi connectivity index (χ4v) is 6.23. The molecule has 2 aromatic carbocycles. The summed E-state index contributed by atoms with van der Waals surface area (Å²) in [6, 6.07) is 12.8. The Kier molecular flexibility index (Phi) is 6.77. The summed E-state index contributed by atoms with van der Waals surface area (Å²) in [5, 5.41) is 9.83. The van der Waals surface area contributed by atoms with E-state index in [0.29, 0.717) is 24.3 Å². The molecule has 36 heavy (non-hydrogen) atoms. The van der Waals surface area contributed by atoms with E-state index < -0.39 is 0 Å². The van der Waals surface area contributed by atoms with Crippen molar-refractivity contribution < 1.29 is 19.1 Å². The molecule has 2 amide bonds. The fourth-order valence-electron chi connectivity index (χ4n) is 6.23. The zero-order valence-electron chi connectivity index (χ0n) is 21.3. The summed E-state index contributed by atoms with van der Waals surface area (Å²) in [4.78, 5) is 31.6. The molecule has 5 rings (SSSR count). The van der Waals surface area contributed by atoms with Crippen molar-refractivity contribution in [2.24, 2.45) is 5.41 Å². The van der Waals surface area contributed by atoms with Gasteiger partial charge in [0.25, 0.3) is 5.91 Å².